The summed E-state index contributed by atoms with van der Waals surface area (Å²) in [5, 5.41) is 44.1. The molecule has 69 heavy (non-hydrogen) atoms. The van der Waals surface area contributed by atoms with Crippen molar-refractivity contribution < 1.29 is 25.2 Å². The van der Waals surface area contributed by atoms with Crippen LogP contribution in [0.15, 0.2) is 24.3 Å². The van der Waals surface area contributed by atoms with Crippen LogP contribution in [0.4, 0.5) is 0 Å². The van der Waals surface area contributed by atoms with Crippen LogP contribution in [0.1, 0.15) is 341 Å². The first-order valence-corrected chi connectivity index (χ1v) is 31.2. The smallest absolute Gasteiger partial charge is 0.249 e. The van der Waals surface area contributed by atoms with Crippen molar-refractivity contribution in [3.8, 4) is 0 Å². The van der Waals surface area contributed by atoms with E-state index in [-0.39, 0.29) is 0 Å². The number of amides is 1. The van der Waals surface area contributed by atoms with Gasteiger partial charge in [-0.1, -0.05) is 301 Å². The zero-order valence-electron chi connectivity index (χ0n) is 46.6. The Kier molecular flexibility index (Phi) is 56.7. The van der Waals surface area contributed by atoms with Gasteiger partial charge in [-0.25, -0.2) is 0 Å². The zero-order valence-corrected chi connectivity index (χ0v) is 46.6. The van der Waals surface area contributed by atoms with E-state index in [9.17, 15) is 25.2 Å². The number of aliphatic hydroxyl groups excluding tert-OH is 4. The van der Waals surface area contributed by atoms with Crippen LogP contribution in [0.5, 0.6) is 0 Å². The van der Waals surface area contributed by atoms with Crippen LogP contribution in [0.25, 0.3) is 0 Å². The number of unbranched alkanes of at least 4 members (excludes halogenated alkanes) is 45. The van der Waals surface area contributed by atoms with E-state index in [0.717, 1.165) is 38.5 Å². The van der Waals surface area contributed by atoms with Crippen molar-refractivity contribution in [2.75, 3.05) is 6.61 Å². The van der Waals surface area contributed by atoms with Crippen LogP contribution < -0.4 is 5.32 Å². The van der Waals surface area contributed by atoms with E-state index in [1.54, 1.807) is 0 Å². The number of carbonyl (C=O) groups is 1. The summed E-state index contributed by atoms with van der Waals surface area (Å²) in [4.78, 5) is 12.6. The third-order valence-corrected chi connectivity index (χ3v) is 14.9. The lowest BCUT2D eigenvalue weighted by atomic mass is 10.00. The molecule has 0 rings (SSSR count). The van der Waals surface area contributed by atoms with Gasteiger partial charge >= 0.3 is 0 Å². The van der Waals surface area contributed by atoms with Crippen LogP contribution in [0.2, 0.25) is 0 Å². The molecule has 0 fully saturated rings. The van der Waals surface area contributed by atoms with Crippen molar-refractivity contribution in [3.05, 3.63) is 24.3 Å². The average molecular weight is 975 g/mol. The van der Waals surface area contributed by atoms with E-state index < -0.39 is 36.9 Å². The highest BCUT2D eigenvalue weighted by Gasteiger charge is 2.28. The Morgan fingerprint density at radius 1 is 0.348 bits per heavy atom. The Hall–Kier alpha value is -1.21. The highest BCUT2D eigenvalue weighted by molar-refractivity contribution is 5.80. The van der Waals surface area contributed by atoms with E-state index in [4.69, 9.17) is 0 Å². The molecule has 0 spiro atoms. The molecule has 6 heteroatoms. The molecule has 0 bridgehead atoms. The first kappa shape index (κ1) is 67.8. The number of hydrogen-bond donors (Lipinski definition) is 5. The predicted molar refractivity (Wildman–Crippen MR) is 302 cm³/mol. The highest BCUT2D eigenvalue weighted by Crippen LogP contribution is 2.18. The Bertz CT molecular complexity index is 1050. The molecule has 6 nitrogen and oxygen atoms in total. The predicted octanol–water partition coefficient (Wildman–Crippen LogP) is 18.6. The first-order chi connectivity index (χ1) is 34.0. The summed E-state index contributed by atoms with van der Waals surface area (Å²) in [6.45, 7) is 4.09. The Morgan fingerprint density at radius 3 is 0.870 bits per heavy atom. The van der Waals surface area contributed by atoms with Crippen LogP contribution in [0, 0.1) is 0 Å². The second-order valence-electron chi connectivity index (χ2n) is 21.7. The van der Waals surface area contributed by atoms with Crippen LogP contribution in [-0.4, -0.2) is 57.3 Å². The first-order valence-electron chi connectivity index (χ1n) is 31.2. The fourth-order valence-electron chi connectivity index (χ4n) is 9.99. The molecule has 0 aromatic rings. The summed E-state index contributed by atoms with van der Waals surface area (Å²) >= 11 is 0. The molecule has 410 valence electrons. The van der Waals surface area contributed by atoms with Crippen molar-refractivity contribution >= 4 is 5.91 Å². The standard InChI is InChI=1S/C63H123NO5/c1-3-5-7-9-11-13-15-17-19-21-23-25-27-29-30-31-33-35-37-39-41-43-45-47-49-51-53-55-57-61(67)63(69)64-59(58-65)62(68)60(66)56-54-52-50-48-46-44-42-40-38-36-34-32-28-26-24-22-20-18-16-14-12-10-8-6-4-2/h29-30,48,50,59-62,65-68H,3-28,31-47,49,51-58H2,1-2H3,(H,64,69)/b30-29-,50-48+. The minimum atomic E-state index is -1.28. The molecule has 0 aliphatic heterocycles. The van der Waals surface area contributed by atoms with Gasteiger partial charge in [-0.2, -0.15) is 0 Å². The number of carbonyl (C=O) groups excluding carboxylic acids is 1. The summed E-state index contributed by atoms with van der Waals surface area (Å²) in [6, 6.07) is -1.00. The van der Waals surface area contributed by atoms with Crippen molar-refractivity contribution in [2.45, 2.75) is 366 Å². The molecule has 0 heterocycles. The van der Waals surface area contributed by atoms with E-state index in [2.05, 4.69) is 43.5 Å². The molecular weight excluding hydrogens is 851 g/mol. The fourth-order valence-corrected chi connectivity index (χ4v) is 9.99. The maximum atomic E-state index is 12.6. The molecule has 5 N–H and O–H groups in total. The second kappa shape index (κ2) is 57.7. The Morgan fingerprint density at radius 2 is 0.594 bits per heavy atom. The van der Waals surface area contributed by atoms with Crippen molar-refractivity contribution in [3.63, 3.8) is 0 Å². The molecule has 0 aromatic carbocycles. The second-order valence-corrected chi connectivity index (χ2v) is 21.7. The van der Waals surface area contributed by atoms with Crippen LogP contribution in [0.3, 0.4) is 0 Å². The molecule has 0 radical (unpaired) electrons. The number of aliphatic hydroxyl groups is 4. The van der Waals surface area contributed by atoms with E-state index >= 15 is 0 Å². The summed E-state index contributed by atoms with van der Waals surface area (Å²) in [6.07, 6.45) is 71.3. The summed E-state index contributed by atoms with van der Waals surface area (Å²) in [5.74, 6) is -0.588. The minimum absolute atomic E-state index is 0.365. The molecule has 0 saturated heterocycles. The van der Waals surface area contributed by atoms with Gasteiger partial charge in [0.15, 0.2) is 0 Å². The van der Waals surface area contributed by atoms with Gasteiger partial charge in [0.1, 0.15) is 12.2 Å². The van der Waals surface area contributed by atoms with E-state index in [0.29, 0.717) is 12.8 Å². The third kappa shape index (κ3) is 51.5. The number of nitrogens with one attached hydrogen (secondary N) is 1. The normalized spacial score (nSPS) is 13.8. The quantitative estimate of drug-likeness (QED) is 0.0308. The molecule has 0 saturated carbocycles. The van der Waals surface area contributed by atoms with Gasteiger partial charge in [-0.15, -0.1) is 0 Å². The lowest BCUT2D eigenvalue weighted by Gasteiger charge is -2.27. The minimum Gasteiger partial charge on any atom is -0.394 e. The monoisotopic (exact) mass is 974 g/mol. The van der Waals surface area contributed by atoms with E-state index in [1.165, 1.54) is 276 Å². The lowest BCUT2D eigenvalue weighted by Crippen LogP contribution is -2.53. The molecular formula is C63H123NO5. The SMILES string of the molecule is CCCCCCCCCCCCCC/C=C\CCCCCCCCCCCCCCC(O)C(=O)NC(CO)C(O)C(O)CCC/C=C/CCCCCCCCCCCCCCCCCCCCCC. The van der Waals surface area contributed by atoms with E-state index in [1.807, 2.05) is 0 Å². The third-order valence-electron chi connectivity index (χ3n) is 14.9. The number of allylic oxidation sites excluding steroid dienone is 4. The summed E-state index contributed by atoms with van der Waals surface area (Å²) in [7, 11) is 0. The van der Waals surface area contributed by atoms with Gasteiger partial charge in [0, 0.05) is 0 Å². The Balaban J connectivity index is 3.61. The van der Waals surface area contributed by atoms with Gasteiger partial charge in [0.25, 0.3) is 0 Å². The molecule has 4 atom stereocenters. The van der Waals surface area contributed by atoms with Gasteiger partial charge in [-0.05, 0) is 64.2 Å². The summed E-state index contributed by atoms with van der Waals surface area (Å²) < 4.78 is 0. The number of rotatable bonds is 58. The Labute approximate surface area is 431 Å². The van der Waals surface area contributed by atoms with Gasteiger partial charge < -0.3 is 25.7 Å². The van der Waals surface area contributed by atoms with Crippen molar-refractivity contribution in [2.24, 2.45) is 0 Å². The van der Waals surface area contributed by atoms with Gasteiger partial charge in [0.2, 0.25) is 5.91 Å². The molecule has 0 aliphatic rings. The van der Waals surface area contributed by atoms with Crippen LogP contribution >= 0.6 is 0 Å². The zero-order chi connectivity index (χ0) is 50.2. The largest absolute Gasteiger partial charge is 0.394 e. The highest BCUT2D eigenvalue weighted by atomic mass is 16.3. The van der Waals surface area contributed by atoms with Crippen LogP contribution in [-0.2, 0) is 4.79 Å². The molecule has 1 amide bonds. The molecule has 0 aromatic heterocycles. The lowest BCUT2D eigenvalue weighted by molar-refractivity contribution is -0.132. The van der Waals surface area contributed by atoms with Gasteiger partial charge in [0.05, 0.1) is 18.8 Å². The van der Waals surface area contributed by atoms with Crippen molar-refractivity contribution in [1.29, 1.82) is 0 Å². The maximum absolute atomic E-state index is 12.6. The maximum Gasteiger partial charge on any atom is 0.249 e. The van der Waals surface area contributed by atoms with Crippen molar-refractivity contribution in [1.82, 2.24) is 5.32 Å². The fraction of sp³-hybridized carbons (Fsp3) is 0.921. The molecule has 0 aliphatic carbocycles. The topological polar surface area (TPSA) is 110 Å². The van der Waals surface area contributed by atoms with Gasteiger partial charge in [-0.3, -0.25) is 4.79 Å². The average Bonchev–Trinajstić information content (AvgIpc) is 3.35. The molecule has 4 unspecified atom stereocenters. The number of hydrogen-bond acceptors (Lipinski definition) is 5. The summed E-state index contributed by atoms with van der Waals surface area (Å²) in [5.41, 5.74) is 0.